The molecule has 0 fully saturated rings. The van der Waals surface area contributed by atoms with E-state index in [0.29, 0.717) is 17.4 Å². The molecule has 0 spiro atoms. The maximum absolute atomic E-state index is 12.8. The largest absolute Gasteiger partial charge is 0.756 e. The van der Waals surface area contributed by atoms with Gasteiger partial charge in [-0.2, -0.15) is 0 Å². The van der Waals surface area contributed by atoms with Crippen LogP contribution in [0.3, 0.4) is 0 Å². The third kappa shape index (κ3) is 59.0. The molecule has 0 saturated heterocycles. The van der Waals surface area contributed by atoms with E-state index in [-0.39, 0.29) is 26.1 Å². The highest BCUT2D eigenvalue weighted by Crippen LogP contribution is 2.38. The molecule has 74 heavy (non-hydrogen) atoms. The van der Waals surface area contributed by atoms with Crippen LogP contribution in [0, 0.1) is 0 Å². The second kappa shape index (κ2) is 55.5. The number of allylic oxidation sites excluding steroid dienone is 10. The van der Waals surface area contributed by atoms with Crippen LogP contribution in [0.2, 0.25) is 0 Å². The van der Waals surface area contributed by atoms with Crippen molar-refractivity contribution in [2.45, 2.75) is 290 Å². The van der Waals surface area contributed by atoms with Crippen LogP contribution in [-0.4, -0.2) is 70.0 Å². The Balaban J connectivity index is 3.85. The molecule has 0 saturated carbocycles. The third-order valence-corrected chi connectivity index (χ3v) is 14.5. The normalized spacial score (nSPS) is 13.6. The lowest BCUT2D eigenvalue weighted by atomic mass is 10.0. The van der Waals surface area contributed by atoms with Crippen LogP contribution < -0.4 is 4.89 Å². The van der Waals surface area contributed by atoms with Crippen molar-refractivity contribution in [2.75, 3.05) is 47.5 Å². The standard InChI is InChI=1S/C64H118NO8P/c1-6-8-10-12-14-16-18-19-20-21-22-23-24-25-26-27-28-29-30-31-32-33-34-35-36-37-38-39-40-41-42-43-44-45-47-49-51-53-55-57-64(67)73-62(61-72-74(68,69)71-59-58-65(3,4)5)60-70-63(66)56-54-52-50-48-46-17-15-13-11-9-7-2/h8,10,13-16,19-20,22-23,62H,6-7,9,11-12,17-18,21,24-61H2,1-5H3/b10-8-,15-13-,16-14-,20-19-,23-22-. The van der Waals surface area contributed by atoms with E-state index in [9.17, 15) is 19.0 Å². The quantitative estimate of drug-likeness (QED) is 0.0195. The van der Waals surface area contributed by atoms with Crippen LogP contribution in [0.25, 0.3) is 0 Å². The van der Waals surface area contributed by atoms with Gasteiger partial charge >= 0.3 is 11.9 Å². The van der Waals surface area contributed by atoms with E-state index in [2.05, 4.69) is 74.6 Å². The average molecular weight is 1060 g/mol. The Bertz CT molecular complexity index is 1430. The maximum atomic E-state index is 12.8. The first-order chi connectivity index (χ1) is 36.0. The fraction of sp³-hybridized carbons (Fsp3) is 0.812. The lowest BCUT2D eigenvalue weighted by molar-refractivity contribution is -0.870. The first-order valence-corrected chi connectivity index (χ1v) is 32.5. The molecule has 2 unspecified atom stereocenters. The van der Waals surface area contributed by atoms with Crippen LogP contribution >= 0.6 is 7.82 Å². The number of hydrogen-bond acceptors (Lipinski definition) is 8. The van der Waals surface area contributed by atoms with Crippen molar-refractivity contribution < 1.29 is 42.1 Å². The molecule has 0 aromatic rings. The van der Waals surface area contributed by atoms with Crippen LogP contribution in [0.5, 0.6) is 0 Å². The summed E-state index contributed by atoms with van der Waals surface area (Å²) >= 11 is 0. The summed E-state index contributed by atoms with van der Waals surface area (Å²) in [5, 5.41) is 0. The minimum absolute atomic E-state index is 0.0309. The van der Waals surface area contributed by atoms with Gasteiger partial charge in [0, 0.05) is 12.8 Å². The summed E-state index contributed by atoms with van der Waals surface area (Å²) in [5.74, 6) is -0.835. The topological polar surface area (TPSA) is 111 Å². The Labute approximate surface area is 457 Å². The monoisotopic (exact) mass is 1060 g/mol. The maximum Gasteiger partial charge on any atom is 0.306 e. The van der Waals surface area contributed by atoms with Gasteiger partial charge in [0.1, 0.15) is 19.8 Å². The molecule has 0 aliphatic rings. The zero-order valence-corrected chi connectivity index (χ0v) is 49.9. The molecule has 0 aromatic carbocycles. The summed E-state index contributed by atoms with van der Waals surface area (Å²) in [7, 11) is 1.17. The number of quaternary nitrogens is 1. The number of rotatable bonds is 57. The number of hydrogen-bond donors (Lipinski definition) is 0. The van der Waals surface area contributed by atoms with Gasteiger partial charge in [0.2, 0.25) is 0 Å². The third-order valence-electron chi connectivity index (χ3n) is 13.5. The molecule has 0 radical (unpaired) electrons. The molecule has 0 heterocycles. The molecule has 0 aliphatic heterocycles. The Morgan fingerprint density at radius 2 is 0.770 bits per heavy atom. The Morgan fingerprint density at radius 3 is 1.16 bits per heavy atom. The molecule has 0 N–H and O–H groups in total. The number of nitrogens with zero attached hydrogens (tertiary/aromatic N) is 1. The zero-order valence-electron chi connectivity index (χ0n) is 49.0. The molecule has 0 aromatic heterocycles. The smallest absolute Gasteiger partial charge is 0.306 e. The van der Waals surface area contributed by atoms with Crippen LogP contribution in [0.1, 0.15) is 284 Å². The summed E-state index contributed by atoms with van der Waals surface area (Å²) in [6.45, 7) is 4.10. The predicted molar refractivity (Wildman–Crippen MR) is 314 cm³/mol. The van der Waals surface area contributed by atoms with Gasteiger partial charge in [-0.1, -0.05) is 261 Å². The molecule has 0 aliphatic carbocycles. The number of ether oxygens (including phenoxy) is 2. The first kappa shape index (κ1) is 71.7. The highest BCUT2D eigenvalue weighted by Gasteiger charge is 2.22. The van der Waals surface area contributed by atoms with Crippen molar-refractivity contribution in [3.63, 3.8) is 0 Å². The van der Waals surface area contributed by atoms with Crippen LogP contribution in [-0.2, 0) is 32.7 Å². The highest BCUT2D eigenvalue weighted by molar-refractivity contribution is 7.45. The van der Waals surface area contributed by atoms with Crippen molar-refractivity contribution in [1.82, 2.24) is 0 Å². The van der Waals surface area contributed by atoms with E-state index in [4.69, 9.17) is 18.5 Å². The molecular weight excluding hydrogens is 942 g/mol. The number of carbonyl (C=O) groups is 2. The number of carbonyl (C=O) groups excluding carboxylic acids is 2. The number of phosphoric ester groups is 1. The van der Waals surface area contributed by atoms with Crippen molar-refractivity contribution >= 4 is 19.8 Å². The second-order valence-corrected chi connectivity index (χ2v) is 23.4. The van der Waals surface area contributed by atoms with Gasteiger partial charge < -0.3 is 27.9 Å². The lowest BCUT2D eigenvalue weighted by Crippen LogP contribution is -2.37. The van der Waals surface area contributed by atoms with Crippen LogP contribution in [0.15, 0.2) is 60.8 Å². The molecule has 0 bridgehead atoms. The van der Waals surface area contributed by atoms with Gasteiger partial charge in [0.05, 0.1) is 27.7 Å². The van der Waals surface area contributed by atoms with Gasteiger partial charge in [-0.25, -0.2) is 0 Å². The van der Waals surface area contributed by atoms with Crippen molar-refractivity contribution in [3.8, 4) is 0 Å². The van der Waals surface area contributed by atoms with E-state index in [1.807, 2.05) is 21.1 Å². The Hall–Kier alpha value is -2.29. The summed E-state index contributed by atoms with van der Waals surface area (Å²) in [6.07, 6.45) is 71.8. The van der Waals surface area contributed by atoms with Gasteiger partial charge in [-0.3, -0.25) is 14.2 Å². The molecule has 0 amide bonds. The summed E-state index contributed by atoms with van der Waals surface area (Å²) < 4.78 is 34.1. The molecule has 432 valence electrons. The Morgan fingerprint density at radius 1 is 0.432 bits per heavy atom. The summed E-state index contributed by atoms with van der Waals surface area (Å²) in [4.78, 5) is 37.7. The minimum Gasteiger partial charge on any atom is -0.756 e. The van der Waals surface area contributed by atoms with E-state index in [1.54, 1.807) is 0 Å². The van der Waals surface area contributed by atoms with Gasteiger partial charge in [0.15, 0.2) is 6.10 Å². The summed E-state index contributed by atoms with van der Waals surface area (Å²) in [6, 6.07) is 0. The number of likely N-dealkylation sites (N-methyl/N-ethyl adjacent to an activating group) is 1. The van der Waals surface area contributed by atoms with E-state index < -0.39 is 32.5 Å². The van der Waals surface area contributed by atoms with Crippen LogP contribution in [0.4, 0.5) is 0 Å². The number of phosphoric acid groups is 1. The number of unbranched alkanes of at least 4 members (excludes halogenated alkanes) is 33. The highest BCUT2D eigenvalue weighted by atomic mass is 31.2. The van der Waals surface area contributed by atoms with Crippen molar-refractivity contribution in [3.05, 3.63) is 60.8 Å². The van der Waals surface area contributed by atoms with Crippen molar-refractivity contribution in [1.29, 1.82) is 0 Å². The first-order valence-electron chi connectivity index (χ1n) is 31.0. The predicted octanol–water partition coefficient (Wildman–Crippen LogP) is 18.9. The Kier molecular flexibility index (Phi) is 53.7. The van der Waals surface area contributed by atoms with E-state index in [1.165, 1.54) is 167 Å². The van der Waals surface area contributed by atoms with Gasteiger partial charge in [0.25, 0.3) is 7.82 Å². The lowest BCUT2D eigenvalue weighted by Gasteiger charge is -2.28. The SMILES string of the molecule is CC/C=C\C/C=C\C/C=C\C/C=C\CCCCCCCCCCCCCCCCCCCCCCCCCCCCC(=O)OC(COC(=O)CCCCCCC/C=C\CCCC)COP(=O)([O-])OCC[N+](C)(C)C. The minimum atomic E-state index is -4.63. The fourth-order valence-electron chi connectivity index (χ4n) is 8.75. The zero-order chi connectivity index (χ0) is 54.2. The average Bonchev–Trinajstić information content (AvgIpc) is 3.36. The molecule has 0 rings (SSSR count). The fourth-order valence-corrected chi connectivity index (χ4v) is 9.48. The molecule has 2 atom stereocenters. The summed E-state index contributed by atoms with van der Waals surface area (Å²) in [5.41, 5.74) is 0. The number of esters is 2. The molecular formula is C64H118NO8P. The van der Waals surface area contributed by atoms with Crippen molar-refractivity contribution in [2.24, 2.45) is 0 Å². The van der Waals surface area contributed by atoms with E-state index >= 15 is 0 Å². The van der Waals surface area contributed by atoms with Gasteiger partial charge in [-0.05, 0) is 70.6 Å². The second-order valence-electron chi connectivity index (χ2n) is 22.0. The van der Waals surface area contributed by atoms with Gasteiger partial charge in [-0.15, -0.1) is 0 Å². The molecule has 9 nitrogen and oxygen atoms in total. The van der Waals surface area contributed by atoms with E-state index in [0.717, 1.165) is 83.5 Å². The molecule has 10 heteroatoms.